The molecule has 0 aliphatic rings. The number of ether oxygens (including phenoxy) is 1. The van der Waals surface area contributed by atoms with Crippen LogP contribution >= 0.6 is 0 Å². The van der Waals surface area contributed by atoms with Gasteiger partial charge in [-0.3, -0.25) is 0 Å². The fourth-order valence-corrected chi connectivity index (χ4v) is 1.97. The van der Waals surface area contributed by atoms with Crippen LogP contribution in [0.5, 0.6) is 0 Å². The Morgan fingerprint density at radius 2 is 2.20 bits per heavy atom. The van der Waals surface area contributed by atoms with Gasteiger partial charge in [0.2, 0.25) is 0 Å². The first kappa shape index (κ1) is 16.9. The Balaban J connectivity index is 2.71. The lowest BCUT2D eigenvalue weighted by Gasteiger charge is -2.23. The van der Waals surface area contributed by atoms with Crippen molar-refractivity contribution in [3.63, 3.8) is 0 Å². The maximum absolute atomic E-state index is 14.0. The second-order valence-corrected chi connectivity index (χ2v) is 4.97. The quantitative estimate of drug-likeness (QED) is 0.678. The Bertz CT molecular complexity index is 399. The van der Waals surface area contributed by atoms with Crippen LogP contribution in [0.1, 0.15) is 18.9 Å². The van der Waals surface area contributed by atoms with Gasteiger partial charge in [-0.15, -0.1) is 0 Å². The zero-order valence-corrected chi connectivity index (χ0v) is 12.5. The van der Waals surface area contributed by atoms with Crippen molar-refractivity contribution in [2.24, 2.45) is 0 Å². The summed E-state index contributed by atoms with van der Waals surface area (Å²) in [5.41, 5.74) is 1.51. The molecule has 1 atom stereocenters. The molecular weight excluding hydrogens is 259 g/mol. The van der Waals surface area contributed by atoms with E-state index in [0.29, 0.717) is 38.2 Å². The molecule has 4 nitrogen and oxygen atoms in total. The van der Waals surface area contributed by atoms with Crippen molar-refractivity contribution >= 4 is 5.69 Å². The van der Waals surface area contributed by atoms with Crippen molar-refractivity contribution in [1.82, 2.24) is 5.32 Å². The monoisotopic (exact) mass is 284 g/mol. The molecule has 20 heavy (non-hydrogen) atoms. The van der Waals surface area contributed by atoms with E-state index in [4.69, 9.17) is 4.74 Å². The van der Waals surface area contributed by atoms with Crippen molar-refractivity contribution in [3.8, 4) is 0 Å². The lowest BCUT2D eigenvalue weighted by Crippen LogP contribution is -2.25. The highest BCUT2D eigenvalue weighted by Crippen LogP contribution is 2.22. The average Bonchev–Trinajstić information content (AvgIpc) is 2.42. The lowest BCUT2D eigenvalue weighted by atomic mass is 10.1. The zero-order chi connectivity index (χ0) is 15.0. The van der Waals surface area contributed by atoms with Crippen LogP contribution in [0.4, 0.5) is 10.1 Å². The Morgan fingerprint density at radius 1 is 1.45 bits per heavy atom. The van der Waals surface area contributed by atoms with E-state index < -0.39 is 0 Å². The number of methoxy groups -OCH3 is 1. The summed E-state index contributed by atoms with van der Waals surface area (Å²) in [5.74, 6) is -0.212. The summed E-state index contributed by atoms with van der Waals surface area (Å²) in [6.45, 7) is 4.19. The van der Waals surface area contributed by atoms with E-state index in [0.717, 1.165) is 5.69 Å². The van der Waals surface area contributed by atoms with E-state index in [2.05, 4.69) is 5.32 Å². The molecule has 0 saturated heterocycles. The minimum atomic E-state index is -0.353. The molecule has 0 heterocycles. The number of benzene rings is 1. The van der Waals surface area contributed by atoms with Gasteiger partial charge in [0.05, 0.1) is 12.7 Å². The maximum atomic E-state index is 14.0. The normalized spacial score (nSPS) is 12.4. The Morgan fingerprint density at radius 3 is 2.85 bits per heavy atom. The predicted molar refractivity (Wildman–Crippen MR) is 79.6 cm³/mol. The van der Waals surface area contributed by atoms with Gasteiger partial charge in [-0.05, 0) is 25.5 Å². The number of hydrogen-bond acceptors (Lipinski definition) is 4. The molecule has 1 aromatic carbocycles. The molecule has 0 aliphatic carbocycles. The molecule has 0 fully saturated rings. The molecule has 0 saturated carbocycles. The first-order chi connectivity index (χ1) is 9.56. The molecule has 2 N–H and O–H groups in total. The second-order valence-electron chi connectivity index (χ2n) is 4.97. The molecule has 1 rings (SSSR count). The second kappa shape index (κ2) is 8.89. The summed E-state index contributed by atoms with van der Waals surface area (Å²) in [7, 11) is 3.55. The van der Waals surface area contributed by atoms with Gasteiger partial charge in [0.25, 0.3) is 0 Å². The Labute approximate surface area is 120 Å². The summed E-state index contributed by atoms with van der Waals surface area (Å²) < 4.78 is 18.9. The van der Waals surface area contributed by atoms with Gasteiger partial charge < -0.3 is 20.1 Å². The van der Waals surface area contributed by atoms with E-state index >= 15 is 0 Å². The van der Waals surface area contributed by atoms with E-state index in [1.54, 1.807) is 20.1 Å². The highest BCUT2D eigenvalue weighted by molar-refractivity contribution is 5.53. The van der Waals surface area contributed by atoms with Crippen molar-refractivity contribution in [1.29, 1.82) is 0 Å². The van der Waals surface area contributed by atoms with Crippen molar-refractivity contribution < 1.29 is 14.2 Å². The lowest BCUT2D eigenvalue weighted by molar-refractivity contribution is 0.187. The van der Waals surface area contributed by atoms with Gasteiger partial charge >= 0.3 is 0 Å². The summed E-state index contributed by atoms with van der Waals surface area (Å²) in [6, 6.07) is 5.08. The number of aliphatic hydroxyl groups is 1. The van der Waals surface area contributed by atoms with Crippen LogP contribution in [-0.4, -0.2) is 45.1 Å². The number of aliphatic hydroxyl groups excluding tert-OH is 1. The molecule has 114 valence electrons. The number of anilines is 1. The molecule has 1 unspecified atom stereocenters. The Kier molecular flexibility index (Phi) is 7.51. The molecule has 0 spiro atoms. The number of halogens is 1. The minimum absolute atomic E-state index is 0.212. The summed E-state index contributed by atoms with van der Waals surface area (Å²) in [6.07, 6.45) is 0.304. The van der Waals surface area contributed by atoms with E-state index in [-0.39, 0.29) is 11.9 Å². The number of nitrogens with zero attached hydrogens (tertiary/aromatic N) is 1. The van der Waals surface area contributed by atoms with E-state index in [9.17, 15) is 9.50 Å². The topological polar surface area (TPSA) is 44.7 Å². The average molecular weight is 284 g/mol. The SMILES string of the molecule is COCCNCc1c(F)cccc1N(C)CCC(C)O. The van der Waals surface area contributed by atoms with Gasteiger partial charge in [-0.2, -0.15) is 0 Å². The highest BCUT2D eigenvalue weighted by Gasteiger charge is 2.12. The molecule has 5 heteroatoms. The van der Waals surface area contributed by atoms with Crippen LogP contribution in [-0.2, 0) is 11.3 Å². The predicted octanol–water partition coefficient (Wildman–Crippen LogP) is 1.77. The van der Waals surface area contributed by atoms with E-state index in [1.807, 2.05) is 18.0 Å². The summed E-state index contributed by atoms with van der Waals surface area (Å²) in [4.78, 5) is 1.98. The number of hydrogen-bond donors (Lipinski definition) is 2. The van der Waals surface area contributed by atoms with Gasteiger partial charge in [-0.25, -0.2) is 4.39 Å². The fraction of sp³-hybridized carbons (Fsp3) is 0.600. The first-order valence-electron chi connectivity index (χ1n) is 6.92. The smallest absolute Gasteiger partial charge is 0.129 e. The molecular formula is C15H25FN2O2. The van der Waals surface area contributed by atoms with Crippen molar-refractivity contribution in [3.05, 3.63) is 29.6 Å². The number of rotatable bonds is 9. The molecule has 0 radical (unpaired) electrons. The van der Waals surface area contributed by atoms with E-state index in [1.165, 1.54) is 6.07 Å². The van der Waals surface area contributed by atoms with Gasteiger partial charge in [0, 0.05) is 45.0 Å². The summed E-state index contributed by atoms with van der Waals surface area (Å²) in [5, 5.41) is 12.5. The van der Waals surface area contributed by atoms with Crippen LogP contribution in [0.2, 0.25) is 0 Å². The Hall–Kier alpha value is -1.17. The zero-order valence-electron chi connectivity index (χ0n) is 12.5. The maximum Gasteiger partial charge on any atom is 0.129 e. The fourth-order valence-electron chi connectivity index (χ4n) is 1.97. The van der Waals surface area contributed by atoms with Crippen LogP contribution < -0.4 is 10.2 Å². The standard InChI is InChI=1S/C15H25FN2O2/c1-12(19)7-9-18(2)15-6-4-5-14(16)13(15)11-17-8-10-20-3/h4-6,12,17,19H,7-11H2,1-3H3. The van der Waals surface area contributed by atoms with Gasteiger partial charge in [0.15, 0.2) is 0 Å². The van der Waals surface area contributed by atoms with Gasteiger partial charge in [0.1, 0.15) is 5.82 Å². The third-order valence-electron chi connectivity index (χ3n) is 3.17. The van der Waals surface area contributed by atoms with Gasteiger partial charge in [-0.1, -0.05) is 6.07 Å². The van der Waals surface area contributed by atoms with Crippen molar-refractivity contribution in [2.75, 3.05) is 38.8 Å². The van der Waals surface area contributed by atoms with Crippen LogP contribution in [0.25, 0.3) is 0 Å². The van der Waals surface area contributed by atoms with Crippen LogP contribution in [0.15, 0.2) is 18.2 Å². The largest absolute Gasteiger partial charge is 0.393 e. The molecule has 0 aliphatic heterocycles. The third-order valence-corrected chi connectivity index (χ3v) is 3.17. The summed E-state index contributed by atoms with van der Waals surface area (Å²) >= 11 is 0. The van der Waals surface area contributed by atoms with Crippen molar-refractivity contribution in [2.45, 2.75) is 26.0 Å². The van der Waals surface area contributed by atoms with Crippen LogP contribution in [0, 0.1) is 5.82 Å². The molecule has 0 aromatic heterocycles. The molecule has 0 amide bonds. The van der Waals surface area contributed by atoms with Crippen LogP contribution in [0.3, 0.4) is 0 Å². The minimum Gasteiger partial charge on any atom is -0.393 e. The third kappa shape index (κ3) is 5.45. The first-order valence-corrected chi connectivity index (χ1v) is 6.92. The highest BCUT2D eigenvalue weighted by atomic mass is 19.1. The molecule has 1 aromatic rings. The number of nitrogens with one attached hydrogen (secondary N) is 1. The molecule has 0 bridgehead atoms.